The van der Waals surface area contributed by atoms with Crippen molar-refractivity contribution in [2.75, 3.05) is 0 Å². The number of hydrazine groups is 1. The van der Waals surface area contributed by atoms with Gasteiger partial charge < -0.3 is 9.59 Å². The number of hydrogen-bond donors (Lipinski definition) is 2. The van der Waals surface area contributed by atoms with Gasteiger partial charge in [0.15, 0.2) is 0 Å². The minimum atomic E-state index is -0.366. The molecule has 0 atom stereocenters. The predicted molar refractivity (Wildman–Crippen MR) is 48.5 cm³/mol. The van der Waals surface area contributed by atoms with Gasteiger partial charge in [-0.15, -0.1) is 0 Å². The maximum absolute atomic E-state index is 9.83. The number of nitrogens with two attached hydrogens (primary N) is 1. The molecule has 0 radical (unpaired) electrons. The van der Waals surface area contributed by atoms with E-state index in [4.69, 9.17) is 0 Å². The van der Waals surface area contributed by atoms with Crippen LogP contribution in [0.1, 0.15) is 19.3 Å². The van der Waals surface area contributed by atoms with Gasteiger partial charge >= 0.3 is 0 Å². The van der Waals surface area contributed by atoms with Crippen LogP contribution in [-0.4, -0.2) is 18.5 Å². The van der Waals surface area contributed by atoms with E-state index < -0.39 is 0 Å². The standard InChI is InChI=1S/C5H8O2.C3H6N2O/c6-4-2-1-3-5-7;1-2-3(6)5-4/h4-5H,1-3H2;2H,1,4H2,(H,5,6). The molecule has 0 bridgehead atoms. The first kappa shape index (κ1) is 14.1. The smallest absolute Gasteiger partial charge is 0.257 e. The van der Waals surface area contributed by atoms with E-state index in [0.717, 1.165) is 18.6 Å². The number of amides is 1. The molecule has 0 aliphatic heterocycles. The summed E-state index contributed by atoms with van der Waals surface area (Å²) in [6.07, 6.45) is 4.47. The lowest BCUT2D eigenvalue weighted by atomic mass is 10.3. The van der Waals surface area contributed by atoms with Gasteiger partial charge in [0.05, 0.1) is 0 Å². The molecule has 3 N–H and O–H groups in total. The molecule has 5 nitrogen and oxygen atoms in total. The second-order valence-electron chi connectivity index (χ2n) is 1.98. The van der Waals surface area contributed by atoms with E-state index in [1.807, 2.05) is 5.43 Å². The van der Waals surface area contributed by atoms with E-state index in [9.17, 15) is 14.4 Å². The lowest BCUT2D eigenvalue weighted by Gasteiger charge is -1.82. The molecule has 0 aromatic rings. The highest BCUT2D eigenvalue weighted by Gasteiger charge is 1.80. The SMILES string of the molecule is C=CC(=O)NN.O=CCCCC=O. The Kier molecular flexibility index (Phi) is 14.2. The summed E-state index contributed by atoms with van der Waals surface area (Å²) in [4.78, 5) is 29.0. The molecule has 0 fully saturated rings. The van der Waals surface area contributed by atoms with E-state index in [0.29, 0.717) is 19.3 Å². The van der Waals surface area contributed by atoms with Gasteiger partial charge in [0.1, 0.15) is 12.6 Å². The van der Waals surface area contributed by atoms with E-state index in [-0.39, 0.29) is 5.91 Å². The molecule has 0 saturated carbocycles. The van der Waals surface area contributed by atoms with Crippen LogP contribution in [0.3, 0.4) is 0 Å². The van der Waals surface area contributed by atoms with Crippen molar-refractivity contribution in [1.82, 2.24) is 5.43 Å². The van der Waals surface area contributed by atoms with Gasteiger partial charge in [0, 0.05) is 12.8 Å². The number of unbranched alkanes of at least 4 members (excludes halogenated alkanes) is 2. The van der Waals surface area contributed by atoms with Crippen LogP contribution in [0.4, 0.5) is 0 Å². The zero-order valence-electron chi connectivity index (χ0n) is 7.36. The van der Waals surface area contributed by atoms with Crippen molar-refractivity contribution < 1.29 is 14.4 Å². The van der Waals surface area contributed by atoms with Crippen LogP contribution in [0.5, 0.6) is 0 Å². The fourth-order valence-corrected chi connectivity index (χ4v) is 0.343. The minimum absolute atomic E-state index is 0.366. The summed E-state index contributed by atoms with van der Waals surface area (Å²) in [6.45, 7) is 3.14. The molecule has 13 heavy (non-hydrogen) atoms. The van der Waals surface area contributed by atoms with Crippen LogP contribution in [0.2, 0.25) is 0 Å². The third-order valence-electron chi connectivity index (χ3n) is 0.972. The summed E-state index contributed by atoms with van der Waals surface area (Å²) in [5.74, 6) is 4.25. The Balaban J connectivity index is 0. The van der Waals surface area contributed by atoms with Crippen molar-refractivity contribution in [3.8, 4) is 0 Å². The van der Waals surface area contributed by atoms with Crippen molar-refractivity contribution in [1.29, 1.82) is 0 Å². The van der Waals surface area contributed by atoms with Crippen LogP contribution in [0, 0.1) is 0 Å². The Morgan fingerprint density at radius 3 is 1.92 bits per heavy atom. The topological polar surface area (TPSA) is 89.3 Å². The first-order valence-corrected chi connectivity index (χ1v) is 3.73. The summed E-state index contributed by atoms with van der Waals surface area (Å²) >= 11 is 0. The first-order valence-electron chi connectivity index (χ1n) is 3.73. The Bertz CT molecular complexity index is 161. The van der Waals surface area contributed by atoms with Gasteiger partial charge in [-0.3, -0.25) is 10.2 Å². The zero-order valence-corrected chi connectivity index (χ0v) is 7.36. The molecule has 0 aromatic carbocycles. The van der Waals surface area contributed by atoms with Crippen LogP contribution in [0.25, 0.3) is 0 Å². The second-order valence-corrected chi connectivity index (χ2v) is 1.98. The Morgan fingerprint density at radius 1 is 1.31 bits per heavy atom. The highest BCUT2D eigenvalue weighted by atomic mass is 16.2. The summed E-state index contributed by atoms with van der Waals surface area (Å²) in [5, 5.41) is 0. The molecule has 74 valence electrons. The monoisotopic (exact) mass is 186 g/mol. The molecule has 0 rings (SSSR count). The predicted octanol–water partition coefficient (Wildman–Crippen LogP) is -0.283. The van der Waals surface area contributed by atoms with Gasteiger partial charge in [0.25, 0.3) is 5.91 Å². The third kappa shape index (κ3) is 18.0. The van der Waals surface area contributed by atoms with E-state index >= 15 is 0 Å². The van der Waals surface area contributed by atoms with E-state index in [1.165, 1.54) is 0 Å². The van der Waals surface area contributed by atoms with Crippen molar-refractivity contribution in [2.45, 2.75) is 19.3 Å². The molecule has 0 heterocycles. The van der Waals surface area contributed by atoms with Crippen LogP contribution in [0.15, 0.2) is 12.7 Å². The Hall–Kier alpha value is -1.49. The molecule has 0 aliphatic carbocycles. The number of carbonyl (C=O) groups is 3. The molecule has 5 heteroatoms. The third-order valence-corrected chi connectivity index (χ3v) is 0.972. The van der Waals surface area contributed by atoms with Gasteiger partial charge in [-0.05, 0) is 12.5 Å². The molecular weight excluding hydrogens is 172 g/mol. The van der Waals surface area contributed by atoms with Crippen molar-refractivity contribution in [2.24, 2.45) is 5.84 Å². The van der Waals surface area contributed by atoms with Crippen molar-refractivity contribution >= 4 is 18.5 Å². The number of carbonyl (C=O) groups excluding carboxylic acids is 3. The van der Waals surface area contributed by atoms with Crippen LogP contribution in [-0.2, 0) is 14.4 Å². The zero-order chi connectivity index (χ0) is 10.5. The largest absolute Gasteiger partial charge is 0.303 e. The molecule has 0 aromatic heterocycles. The quantitative estimate of drug-likeness (QED) is 0.154. The molecule has 0 aliphatic rings. The summed E-state index contributed by atoms with van der Waals surface area (Å²) < 4.78 is 0. The maximum Gasteiger partial charge on any atom is 0.257 e. The number of hydrogen-bond acceptors (Lipinski definition) is 4. The highest BCUT2D eigenvalue weighted by molar-refractivity contribution is 5.86. The van der Waals surface area contributed by atoms with Gasteiger partial charge in [-0.2, -0.15) is 0 Å². The van der Waals surface area contributed by atoms with E-state index in [2.05, 4.69) is 12.4 Å². The summed E-state index contributed by atoms with van der Waals surface area (Å²) in [6, 6.07) is 0. The maximum atomic E-state index is 9.83. The summed E-state index contributed by atoms with van der Waals surface area (Å²) in [5.41, 5.74) is 1.86. The van der Waals surface area contributed by atoms with Crippen LogP contribution < -0.4 is 11.3 Å². The normalized spacial score (nSPS) is 7.46. The fraction of sp³-hybridized carbons (Fsp3) is 0.375. The minimum Gasteiger partial charge on any atom is -0.303 e. The average molecular weight is 186 g/mol. The lowest BCUT2D eigenvalue weighted by Crippen LogP contribution is -2.27. The van der Waals surface area contributed by atoms with Crippen LogP contribution >= 0.6 is 0 Å². The highest BCUT2D eigenvalue weighted by Crippen LogP contribution is 1.85. The number of aldehydes is 2. The van der Waals surface area contributed by atoms with Crippen molar-refractivity contribution in [3.63, 3.8) is 0 Å². The second kappa shape index (κ2) is 13.1. The molecule has 1 amide bonds. The van der Waals surface area contributed by atoms with Gasteiger partial charge in [-0.25, -0.2) is 5.84 Å². The lowest BCUT2D eigenvalue weighted by molar-refractivity contribution is -0.116. The molecule has 0 saturated heterocycles. The number of nitrogens with one attached hydrogen (secondary N) is 1. The Labute approximate surface area is 77.0 Å². The first-order chi connectivity index (χ1) is 6.22. The van der Waals surface area contributed by atoms with Gasteiger partial charge in [-0.1, -0.05) is 6.58 Å². The summed E-state index contributed by atoms with van der Waals surface area (Å²) in [7, 11) is 0. The Morgan fingerprint density at radius 2 is 1.77 bits per heavy atom. The molecular formula is C8H14N2O3. The van der Waals surface area contributed by atoms with E-state index in [1.54, 1.807) is 0 Å². The van der Waals surface area contributed by atoms with Gasteiger partial charge in [0.2, 0.25) is 0 Å². The molecule has 0 unspecified atom stereocenters. The molecule has 0 spiro atoms. The van der Waals surface area contributed by atoms with Crippen molar-refractivity contribution in [3.05, 3.63) is 12.7 Å². The fourth-order valence-electron chi connectivity index (χ4n) is 0.343. The average Bonchev–Trinajstić information content (AvgIpc) is 2.18. The number of rotatable bonds is 5.